The lowest BCUT2D eigenvalue weighted by Gasteiger charge is -2.20. The fourth-order valence-corrected chi connectivity index (χ4v) is 1.32. The molecule has 1 heteroatoms. The van der Waals surface area contributed by atoms with E-state index in [4.69, 9.17) is 4.74 Å². The summed E-state index contributed by atoms with van der Waals surface area (Å²) in [5.41, 5.74) is 0. The van der Waals surface area contributed by atoms with Crippen LogP contribution < -0.4 is 0 Å². The molecule has 0 aromatic heterocycles. The van der Waals surface area contributed by atoms with Gasteiger partial charge in [-0.25, -0.2) is 0 Å². The van der Waals surface area contributed by atoms with E-state index in [-0.39, 0.29) is 0 Å². The molecule has 0 N–H and O–H groups in total. The molecule has 1 radical (unpaired) electrons. The minimum atomic E-state index is 0.816. The Hall–Kier alpha value is -0.0400. The van der Waals surface area contributed by atoms with Crippen LogP contribution in [0.15, 0.2) is 0 Å². The van der Waals surface area contributed by atoms with Gasteiger partial charge in [0.05, 0.1) is 0 Å². The molecule has 0 amide bonds. The third-order valence-electron chi connectivity index (χ3n) is 1.87. The van der Waals surface area contributed by atoms with Crippen LogP contribution in [0.3, 0.4) is 0 Å². The van der Waals surface area contributed by atoms with Crippen molar-refractivity contribution in [2.24, 2.45) is 5.92 Å². The summed E-state index contributed by atoms with van der Waals surface area (Å²) in [4.78, 5) is 0. The quantitative estimate of drug-likeness (QED) is 0.551. The Morgan fingerprint density at radius 3 is 3.00 bits per heavy atom. The Labute approximate surface area is 57.4 Å². The predicted molar refractivity (Wildman–Crippen MR) is 38.1 cm³/mol. The highest BCUT2D eigenvalue weighted by Crippen LogP contribution is 2.17. The first-order valence-corrected chi connectivity index (χ1v) is 3.80. The normalized spacial score (nSPS) is 28.3. The Bertz CT molecular complexity index is 62.2. The van der Waals surface area contributed by atoms with E-state index >= 15 is 0 Å². The third kappa shape index (κ3) is 2.35. The second kappa shape index (κ2) is 3.89. The molecule has 0 unspecified atom stereocenters. The molecule has 1 nitrogen and oxygen atoms in total. The van der Waals surface area contributed by atoms with Crippen molar-refractivity contribution >= 4 is 0 Å². The van der Waals surface area contributed by atoms with Gasteiger partial charge in [0.1, 0.15) is 0 Å². The molecular weight excluding hydrogens is 112 g/mol. The van der Waals surface area contributed by atoms with E-state index in [1.165, 1.54) is 19.3 Å². The maximum absolute atomic E-state index is 5.31. The van der Waals surface area contributed by atoms with E-state index in [0.29, 0.717) is 0 Å². The van der Waals surface area contributed by atoms with Crippen molar-refractivity contribution in [1.29, 1.82) is 0 Å². The largest absolute Gasteiger partial charge is 0.381 e. The van der Waals surface area contributed by atoms with Crippen LogP contribution in [-0.2, 0) is 4.74 Å². The van der Waals surface area contributed by atoms with Crippen LogP contribution in [0.4, 0.5) is 0 Å². The van der Waals surface area contributed by atoms with Gasteiger partial charge in [0.2, 0.25) is 0 Å². The van der Waals surface area contributed by atoms with Crippen LogP contribution in [0, 0.1) is 12.8 Å². The molecule has 0 aromatic carbocycles. The summed E-state index contributed by atoms with van der Waals surface area (Å²) in [6.45, 7) is 5.79. The molecule has 0 spiro atoms. The van der Waals surface area contributed by atoms with Crippen molar-refractivity contribution in [2.45, 2.75) is 25.7 Å². The number of hydrogen-bond acceptors (Lipinski definition) is 1. The molecule has 53 valence electrons. The summed E-state index contributed by atoms with van der Waals surface area (Å²) in [7, 11) is 0. The van der Waals surface area contributed by atoms with Crippen LogP contribution >= 0.6 is 0 Å². The SMILES string of the molecule is [CH2]CC[C@@H]1CCCOC1. The summed E-state index contributed by atoms with van der Waals surface area (Å²) in [6.07, 6.45) is 4.92. The summed E-state index contributed by atoms with van der Waals surface area (Å²) in [5.74, 6) is 0.816. The lowest BCUT2D eigenvalue weighted by atomic mass is 9.98. The van der Waals surface area contributed by atoms with Gasteiger partial charge in [-0.1, -0.05) is 13.3 Å². The van der Waals surface area contributed by atoms with Gasteiger partial charge in [-0.15, -0.1) is 0 Å². The van der Waals surface area contributed by atoms with E-state index in [9.17, 15) is 0 Å². The van der Waals surface area contributed by atoms with E-state index in [1.807, 2.05) is 0 Å². The second-order valence-corrected chi connectivity index (χ2v) is 2.73. The molecule has 0 bridgehead atoms. The highest BCUT2D eigenvalue weighted by molar-refractivity contribution is 4.63. The molecule has 1 atom stereocenters. The molecule has 0 aromatic rings. The Kier molecular flexibility index (Phi) is 3.05. The molecule has 1 saturated heterocycles. The second-order valence-electron chi connectivity index (χ2n) is 2.73. The maximum Gasteiger partial charge on any atom is 0.0494 e. The fraction of sp³-hybridized carbons (Fsp3) is 0.875. The first-order chi connectivity index (χ1) is 4.43. The lowest BCUT2D eigenvalue weighted by Crippen LogP contribution is -2.16. The highest BCUT2D eigenvalue weighted by Gasteiger charge is 2.11. The van der Waals surface area contributed by atoms with Gasteiger partial charge in [-0.3, -0.25) is 0 Å². The predicted octanol–water partition coefficient (Wildman–Crippen LogP) is 2.03. The highest BCUT2D eigenvalue weighted by atomic mass is 16.5. The Morgan fingerprint density at radius 2 is 2.44 bits per heavy atom. The molecule has 1 fully saturated rings. The van der Waals surface area contributed by atoms with Crippen molar-refractivity contribution in [3.63, 3.8) is 0 Å². The Morgan fingerprint density at radius 1 is 1.56 bits per heavy atom. The third-order valence-corrected chi connectivity index (χ3v) is 1.87. The van der Waals surface area contributed by atoms with Crippen molar-refractivity contribution in [3.05, 3.63) is 6.92 Å². The van der Waals surface area contributed by atoms with Gasteiger partial charge >= 0.3 is 0 Å². The molecule has 0 aliphatic carbocycles. The summed E-state index contributed by atoms with van der Waals surface area (Å²) < 4.78 is 5.31. The lowest BCUT2D eigenvalue weighted by molar-refractivity contribution is 0.0520. The standard InChI is InChI=1S/C8H15O/c1-2-4-8-5-3-6-9-7-8/h8H,1-7H2/t8-/m1/s1. The molecule has 1 rings (SSSR count). The monoisotopic (exact) mass is 127 g/mol. The molecule has 1 heterocycles. The number of hydrogen-bond donors (Lipinski definition) is 0. The molecular formula is C8H15O. The van der Waals surface area contributed by atoms with Crippen molar-refractivity contribution in [2.75, 3.05) is 13.2 Å². The van der Waals surface area contributed by atoms with Gasteiger partial charge in [0.25, 0.3) is 0 Å². The van der Waals surface area contributed by atoms with Gasteiger partial charge in [0, 0.05) is 13.2 Å². The van der Waals surface area contributed by atoms with E-state index in [1.54, 1.807) is 0 Å². The fourth-order valence-electron chi connectivity index (χ4n) is 1.32. The zero-order valence-electron chi connectivity index (χ0n) is 5.94. The Balaban J connectivity index is 2.08. The van der Waals surface area contributed by atoms with E-state index < -0.39 is 0 Å². The summed E-state index contributed by atoms with van der Waals surface area (Å²) in [6, 6.07) is 0. The van der Waals surface area contributed by atoms with E-state index in [2.05, 4.69) is 6.92 Å². The number of ether oxygens (including phenoxy) is 1. The van der Waals surface area contributed by atoms with Crippen LogP contribution in [0.5, 0.6) is 0 Å². The first kappa shape index (κ1) is 7.07. The molecule has 1 aliphatic heterocycles. The van der Waals surface area contributed by atoms with Crippen molar-refractivity contribution in [3.8, 4) is 0 Å². The topological polar surface area (TPSA) is 9.23 Å². The summed E-state index contributed by atoms with van der Waals surface area (Å²) >= 11 is 0. The van der Waals surface area contributed by atoms with Crippen LogP contribution in [-0.4, -0.2) is 13.2 Å². The average Bonchev–Trinajstić information content (AvgIpc) is 1.91. The van der Waals surface area contributed by atoms with Crippen molar-refractivity contribution in [1.82, 2.24) is 0 Å². The minimum absolute atomic E-state index is 0.816. The zero-order chi connectivity index (χ0) is 6.53. The maximum atomic E-state index is 5.31. The average molecular weight is 127 g/mol. The molecule has 0 saturated carbocycles. The van der Waals surface area contributed by atoms with E-state index in [0.717, 1.165) is 25.6 Å². The zero-order valence-corrected chi connectivity index (χ0v) is 5.94. The van der Waals surface area contributed by atoms with Crippen LogP contribution in [0.2, 0.25) is 0 Å². The van der Waals surface area contributed by atoms with Crippen LogP contribution in [0.25, 0.3) is 0 Å². The molecule has 9 heavy (non-hydrogen) atoms. The smallest absolute Gasteiger partial charge is 0.0494 e. The minimum Gasteiger partial charge on any atom is -0.381 e. The van der Waals surface area contributed by atoms with Crippen molar-refractivity contribution < 1.29 is 4.74 Å². The summed E-state index contributed by atoms with van der Waals surface area (Å²) in [5, 5.41) is 0. The van der Waals surface area contributed by atoms with Gasteiger partial charge < -0.3 is 4.74 Å². The van der Waals surface area contributed by atoms with Gasteiger partial charge in [0.15, 0.2) is 0 Å². The van der Waals surface area contributed by atoms with Crippen LogP contribution in [0.1, 0.15) is 25.7 Å². The molecule has 1 aliphatic rings. The van der Waals surface area contributed by atoms with Gasteiger partial charge in [-0.05, 0) is 25.2 Å². The van der Waals surface area contributed by atoms with Gasteiger partial charge in [-0.2, -0.15) is 0 Å². The number of rotatable bonds is 2. The first-order valence-electron chi connectivity index (χ1n) is 3.80.